The highest BCUT2D eigenvalue weighted by Crippen LogP contribution is 2.29. The first kappa shape index (κ1) is 43.4. The third-order valence-corrected chi connectivity index (χ3v) is 9.91. The second-order valence-corrected chi connectivity index (χ2v) is 15.8. The molecule has 6 aromatic rings. The number of hydrogen-bond acceptors (Lipinski definition) is 3. The van der Waals surface area contributed by atoms with Crippen molar-refractivity contribution in [3.8, 4) is 33.4 Å². The first-order chi connectivity index (χ1) is 26.7. The lowest BCUT2D eigenvalue weighted by molar-refractivity contribution is 0.0786. The summed E-state index contributed by atoms with van der Waals surface area (Å²) in [4.78, 5) is 11.7. The van der Waals surface area contributed by atoms with Crippen molar-refractivity contribution < 1.29 is 15.0 Å². The molecule has 3 N–H and O–H groups in total. The number of hydrogen-bond donors (Lipinski definition) is 3. The molecular formula is C52H61NO3. The minimum Gasteiger partial charge on any atom is -0.396 e. The van der Waals surface area contributed by atoms with E-state index in [0.29, 0.717) is 23.3 Å². The van der Waals surface area contributed by atoms with Crippen molar-refractivity contribution in [3.63, 3.8) is 0 Å². The predicted octanol–water partition coefficient (Wildman–Crippen LogP) is 12.6. The van der Waals surface area contributed by atoms with E-state index in [2.05, 4.69) is 156 Å². The van der Waals surface area contributed by atoms with Crippen LogP contribution in [0.3, 0.4) is 0 Å². The van der Waals surface area contributed by atoms with Gasteiger partial charge in [0.2, 0.25) is 0 Å². The normalized spacial score (nSPS) is 11.1. The molecule has 6 rings (SSSR count). The van der Waals surface area contributed by atoms with Crippen molar-refractivity contribution in [1.82, 2.24) is 5.32 Å². The highest BCUT2D eigenvalue weighted by molar-refractivity contribution is 5.95. The molecule has 0 aliphatic carbocycles. The standard InChI is InChI=1S/C18H22O.C17H19NO.C17H20O/c1-13(2)14-7-5-8-15(11-14)16-9-6-10-17(12-16)18(3,4)19;1-12(2)13-6-4-7-14(10-13)15-8-5-9-16(11-15)17(19)18-3;1-13(2)15-6-4-8-17(12-15)16-7-3-5-14(11-16)9-10-18/h5-13,19H,1-4H3;4-12H,1-3H3,(H,18,19);3-8,11-13,18H,9-10H2,1-2H3. The fourth-order valence-corrected chi connectivity index (χ4v) is 6.33. The Hall–Kier alpha value is -5.29. The maximum atomic E-state index is 11.7. The molecule has 0 aliphatic heterocycles. The summed E-state index contributed by atoms with van der Waals surface area (Å²) >= 11 is 0. The predicted molar refractivity (Wildman–Crippen MR) is 237 cm³/mol. The summed E-state index contributed by atoms with van der Waals surface area (Å²) in [6.07, 6.45) is 0.720. The van der Waals surface area contributed by atoms with Gasteiger partial charge >= 0.3 is 0 Å². The number of rotatable bonds is 10. The fourth-order valence-electron chi connectivity index (χ4n) is 6.33. The summed E-state index contributed by atoms with van der Waals surface area (Å²) in [5.74, 6) is 1.52. The summed E-state index contributed by atoms with van der Waals surface area (Å²) in [7, 11) is 1.65. The summed E-state index contributed by atoms with van der Waals surface area (Å²) in [6, 6.07) is 50.0. The SMILES string of the molecule is CC(C)c1cccc(-c2cccc(C(C)(C)O)c2)c1.CC(C)c1cccc(-c2cccc(CCO)c2)c1.CNC(=O)c1cccc(-c2cccc(C(C)C)c2)c1. The molecule has 4 nitrogen and oxygen atoms in total. The lowest BCUT2D eigenvalue weighted by Gasteiger charge is -2.18. The van der Waals surface area contributed by atoms with Crippen LogP contribution < -0.4 is 5.32 Å². The Morgan fingerprint density at radius 1 is 0.536 bits per heavy atom. The van der Waals surface area contributed by atoms with Crippen LogP contribution in [0.15, 0.2) is 146 Å². The van der Waals surface area contributed by atoms with Crippen LogP contribution in [0.5, 0.6) is 0 Å². The minimum absolute atomic E-state index is 0.0538. The Morgan fingerprint density at radius 3 is 1.32 bits per heavy atom. The molecule has 0 unspecified atom stereocenters. The summed E-state index contributed by atoms with van der Waals surface area (Å²) < 4.78 is 0. The number of amides is 1. The van der Waals surface area contributed by atoms with E-state index in [1.807, 2.05) is 50.2 Å². The molecule has 0 fully saturated rings. The average molecular weight is 748 g/mol. The number of aliphatic hydroxyl groups is 2. The van der Waals surface area contributed by atoms with Crippen molar-refractivity contribution in [3.05, 3.63) is 179 Å². The molecule has 0 heterocycles. The van der Waals surface area contributed by atoms with Gasteiger partial charge in [0.25, 0.3) is 5.91 Å². The lowest BCUT2D eigenvalue weighted by atomic mass is 9.92. The van der Waals surface area contributed by atoms with Crippen LogP contribution in [-0.2, 0) is 12.0 Å². The first-order valence-corrected chi connectivity index (χ1v) is 19.9. The van der Waals surface area contributed by atoms with Gasteiger partial charge in [-0.25, -0.2) is 0 Å². The third kappa shape index (κ3) is 12.6. The molecule has 6 aromatic carbocycles. The van der Waals surface area contributed by atoms with Crippen molar-refractivity contribution in [2.45, 2.75) is 85.2 Å². The van der Waals surface area contributed by atoms with Gasteiger partial charge in [0.1, 0.15) is 0 Å². The second-order valence-electron chi connectivity index (χ2n) is 15.8. The zero-order chi connectivity index (χ0) is 40.8. The van der Waals surface area contributed by atoms with Gasteiger partial charge in [-0.15, -0.1) is 0 Å². The molecule has 0 radical (unpaired) electrons. The van der Waals surface area contributed by atoms with Crippen LogP contribution in [-0.4, -0.2) is 29.8 Å². The Bertz CT molecular complexity index is 2150. The summed E-state index contributed by atoms with van der Waals surface area (Å²) in [5.41, 5.74) is 13.1. The van der Waals surface area contributed by atoms with E-state index in [4.69, 9.17) is 5.11 Å². The smallest absolute Gasteiger partial charge is 0.251 e. The number of nitrogens with one attached hydrogen (secondary N) is 1. The van der Waals surface area contributed by atoms with Gasteiger partial charge < -0.3 is 15.5 Å². The largest absolute Gasteiger partial charge is 0.396 e. The topological polar surface area (TPSA) is 69.6 Å². The molecule has 0 bridgehead atoms. The Labute approximate surface area is 336 Å². The van der Waals surface area contributed by atoms with Gasteiger partial charge in [0.15, 0.2) is 0 Å². The number of aliphatic hydroxyl groups excluding tert-OH is 1. The molecular weight excluding hydrogens is 687 g/mol. The molecule has 0 aliphatic rings. The van der Waals surface area contributed by atoms with Crippen molar-refractivity contribution in [2.75, 3.05) is 13.7 Å². The van der Waals surface area contributed by atoms with Gasteiger partial charge in [0.05, 0.1) is 5.60 Å². The van der Waals surface area contributed by atoms with E-state index in [0.717, 1.165) is 28.7 Å². The Balaban J connectivity index is 0.000000187. The van der Waals surface area contributed by atoms with Crippen LogP contribution in [0.2, 0.25) is 0 Å². The van der Waals surface area contributed by atoms with Crippen LogP contribution in [0, 0.1) is 0 Å². The molecule has 0 spiro atoms. The average Bonchev–Trinajstić information content (AvgIpc) is 3.21. The van der Waals surface area contributed by atoms with Gasteiger partial charge in [0, 0.05) is 19.2 Å². The van der Waals surface area contributed by atoms with Crippen molar-refractivity contribution >= 4 is 5.91 Å². The number of carbonyl (C=O) groups is 1. The first-order valence-electron chi connectivity index (χ1n) is 19.9. The van der Waals surface area contributed by atoms with Gasteiger partial charge in [-0.2, -0.15) is 0 Å². The molecule has 4 heteroatoms. The highest BCUT2D eigenvalue weighted by atomic mass is 16.3. The van der Waals surface area contributed by atoms with Crippen LogP contribution in [0.4, 0.5) is 0 Å². The second kappa shape index (κ2) is 20.6. The van der Waals surface area contributed by atoms with Gasteiger partial charge in [-0.1, -0.05) is 169 Å². The Kier molecular flexibility index (Phi) is 16.0. The van der Waals surface area contributed by atoms with Crippen molar-refractivity contribution in [1.29, 1.82) is 0 Å². The lowest BCUT2D eigenvalue weighted by Crippen LogP contribution is -2.17. The maximum Gasteiger partial charge on any atom is 0.251 e. The number of carbonyl (C=O) groups excluding carboxylic acids is 1. The van der Waals surface area contributed by atoms with E-state index in [1.165, 1.54) is 38.9 Å². The zero-order valence-corrected chi connectivity index (χ0v) is 34.8. The van der Waals surface area contributed by atoms with Crippen LogP contribution in [0.25, 0.3) is 33.4 Å². The molecule has 0 saturated heterocycles. The summed E-state index contributed by atoms with van der Waals surface area (Å²) in [6.45, 7) is 17.0. The molecule has 1 amide bonds. The van der Waals surface area contributed by atoms with E-state index >= 15 is 0 Å². The van der Waals surface area contributed by atoms with Crippen LogP contribution in [0.1, 0.15) is 111 Å². The monoisotopic (exact) mass is 747 g/mol. The minimum atomic E-state index is -0.800. The highest BCUT2D eigenvalue weighted by Gasteiger charge is 2.16. The van der Waals surface area contributed by atoms with E-state index < -0.39 is 5.60 Å². The zero-order valence-electron chi connectivity index (χ0n) is 34.8. The van der Waals surface area contributed by atoms with Gasteiger partial charge in [-0.05, 0) is 117 Å². The maximum absolute atomic E-state index is 11.7. The molecule has 292 valence electrons. The number of benzene rings is 6. The van der Waals surface area contributed by atoms with E-state index in [9.17, 15) is 9.90 Å². The molecule has 0 aromatic heterocycles. The van der Waals surface area contributed by atoms with Gasteiger partial charge in [-0.3, -0.25) is 4.79 Å². The van der Waals surface area contributed by atoms with Crippen LogP contribution >= 0.6 is 0 Å². The fraction of sp³-hybridized carbons (Fsp3) is 0.288. The Morgan fingerprint density at radius 2 is 0.911 bits per heavy atom. The van der Waals surface area contributed by atoms with E-state index in [1.54, 1.807) is 7.05 Å². The molecule has 56 heavy (non-hydrogen) atoms. The molecule has 0 saturated carbocycles. The van der Waals surface area contributed by atoms with E-state index in [-0.39, 0.29) is 12.5 Å². The molecule has 0 atom stereocenters. The summed E-state index contributed by atoms with van der Waals surface area (Å²) in [5, 5.41) is 21.8. The van der Waals surface area contributed by atoms with Crippen molar-refractivity contribution in [2.24, 2.45) is 0 Å². The third-order valence-electron chi connectivity index (χ3n) is 9.91. The quantitative estimate of drug-likeness (QED) is 0.131.